The molecule has 5 rings (SSSR count). The van der Waals surface area contributed by atoms with E-state index >= 15 is 0 Å². The molecule has 0 spiro atoms. The van der Waals surface area contributed by atoms with Gasteiger partial charge in [-0.15, -0.1) is 23.7 Å². The molecule has 0 amide bonds. The van der Waals surface area contributed by atoms with E-state index < -0.39 is 18.7 Å². The molecule has 1 saturated carbocycles. The molecule has 0 unspecified atom stereocenters. The number of hydrogen-bond donors (Lipinski definition) is 3. The predicted molar refractivity (Wildman–Crippen MR) is 161 cm³/mol. The highest BCUT2D eigenvalue weighted by Gasteiger charge is 2.37. The van der Waals surface area contributed by atoms with Crippen molar-refractivity contribution >= 4 is 39.8 Å². The van der Waals surface area contributed by atoms with Crippen molar-refractivity contribution < 1.29 is 32.9 Å². The van der Waals surface area contributed by atoms with Gasteiger partial charge in [0.15, 0.2) is 0 Å². The predicted octanol–water partition coefficient (Wildman–Crippen LogP) is 4.91. The third-order valence-electron chi connectivity index (χ3n) is 7.47. The highest BCUT2D eigenvalue weighted by Crippen LogP contribution is 2.37. The highest BCUT2D eigenvalue weighted by atomic mass is 35.5. The van der Waals surface area contributed by atoms with Crippen LogP contribution in [0.25, 0.3) is 21.3 Å². The van der Waals surface area contributed by atoms with Crippen molar-refractivity contribution in [2.45, 2.75) is 56.8 Å². The second kappa shape index (κ2) is 13.6. The lowest BCUT2D eigenvalue weighted by Gasteiger charge is -2.28. The van der Waals surface area contributed by atoms with Gasteiger partial charge in [-0.2, -0.15) is 23.1 Å². The summed E-state index contributed by atoms with van der Waals surface area (Å²) in [5.41, 5.74) is 3.38. The summed E-state index contributed by atoms with van der Waals surface area (Å²) in [5, 5.41) is 24.4. The molecule has 1 aliphatic carbocycles. The average Bonchev–Trinajstić information content (AvgIpc) is 3.55. The Morgan fingerprint density at radius 1 is 1.07 bits per heavy atom. The number of anilines is 1. The van der Waals surface area contributed by atoms with Crippen LogP contribution in [0.4, 0.5) is 19.0 Å². The Kier molecular flexibility index (Phi) is 10.3. The fourth-order valence-electron chi connectivity index (χ4n) is 5.32. The molecule has 0 bridgehead atoms. The number of aliphatic hydroxyl groups is 2. The zero-order chi connectivity index (χ0) is 30.0. The number of ether oxygens (including phenoxy) is 2. The maximum absolute atomic E-state index is 13.0. The summed E-state index contributed by atoms with van der Waals surface area (Å²) in [6, 6.07) is 11.1. The molecule has 9 nitrogen and oxygen atoms in total. The number of nitrogens with one attached hydrogen (secondary N) is 1. The van der Waals surface area contributed by atoms with Crippen LogP contribution in [0.5, 0.6) is 11.8 Å². The number of thiophene rings is 1. The Labute approximate surface area is 257 Å². The van der Waals surface area contributed by atoms with E-state index in [0.29, 0.717) is 46.9 Å². The topological polar surface area (TPSA) is 113 Å². The summed E-state index contributed by atoms with van der Waals surface area (Å²) in [6.45, 7) is 0.394. The van der Waals surface area contributed by atoms with Gasteiger partial charge in [0, 0.05) is 36.3 Å². The lowest BCUT2D eigenvalue weighted by Crippen LogP contribution is -2.38. The molecule has 43 heavy (non-hydrogen) atoms. The number of fused-ring (bicyclic) bond motifs is 1. The maximum Gasteiger partial charge on any atom is 0.393 e. The van der Waals surface area contributed by atoms with E-state index in [9.17, 15) is 23.4 Å². The fraction of sp³-hybridized carbons (Fsp3) is 0.414. The van der Waals surface area contributed by atoms with Gasteiger partial charge in [0.1, 0.15) is 22.1 Å². The van der Waals surface area contributed by atoms with Gasteiger partial charge in [0.05, 0.1) is 44.8 Å². The van der Waals surface area contributed by atoms with Crippen molar-refractivity contribution in [1.82, 2.24) is 20.3 Å². The van der Waals surface area contributed by atoms with Gasteiger partial charge in [-0.1, -0.05) is 24.3 Å². The van der Waals surface area contributed by atoms with Gasteiger partial charge in [0.2, 0.25) is 0 Å². The molecule has 14 heteroatoms. The van der Waals surface area contributed by atoms with E-state index in [1.54, 1.807) is 20.4 Å². The largest absolute Gasteiger partial charge is 0.495 e. The smallest absolute Gasteiger partial charge is 0.393 e. The zero-order valence-corrected chi connectivity index (χ0v) is 25.4. The molecule has 1 aromatic carbocycles. The van der Waals surface area contributed by atoms with Crippen molar-refractivity contribution in [3.63, 3.8) is 0 Å². The van der Waals surface area contributed by atoms with Crippen LogP contribution in [-0.2, 0) is 19.6 Å². The quantitative estimate of drug-likeness (QED) is 0.223. The van der Waals surface area contributed by atoms with Crippen LogP contribution in [0.15, 0.2) is 42.6 Å². The number of likely N-dealkylation sites (N-methyl/N-ethyl adjacent to an activating group) is 1. The summed E-state index contributed by atoms with van der Waals surface area (Å²) in [5.74, 6) is 0.960. The van der Waals surface area contributed by atoms with Crippen LogP contribution in [0.1, 0.15) is 29.0 Å². The molecule has 4 aromatic rings. The van der Waals surface area contributed by atoms with Gasteiger partial charge in [0.25, 0.3) is 0 Å². The lowest BCUT2D eigenvalue weighted by molar-refractivity contribution is -0.126. The second-order valence-corrected chi connectivity index (χ2v) is 11.4. The first-order valence-electron chi connectivity index (χ1n) is 13.4. The number of pyridine rings is 1. The normalized spacial score (nSPS) is 18.5. The standard InChI is InChI=1S/C29H32F3N5O4S.ClH/c1-37(26-21-11-20(12-29(30,31)32)42-27(21)36-28(35-26)41-3)23-9-19(10-24(23)39)33-13-16-4-6-17(7-5-16)18-8-25(40-2)22(15-38)34-14-18;/h4-8,11,14,19,23-24,33,38-39H,9-10,12-13,15H2,1-3H3;1H/t19-,23+,24-;/m1./s1. The number of benzene rings is 1. The van der Waals surface area contributed by atoms with Crippen LogP contribution >= 0.6 is 23.7 Å². The van der Waals surface area contributed by atoms with Gasteiger partial charge < -0.3 is 29.9 Å². The minimum absolute atomic E-state index is 0. The van der Waals surface area contributed by atoms with E-state index in [1.807, 2.05) is 35.2 Å². The molecule has 3 atom stereocenters. The monoisotopic (exact) mass is 639 g/mol. The summed E-state index contributed by atoms with van der Waals surface area (Å²) < 4.78 is 49.7. The first kappa shape index (κ1) is 32.7. The second-order valence-electron chi connectivity index (χ2n) is 10.3. The first-order chi connectivity index (χ1) is 20.1. The van der Waals surface area contributed by atoms with Gasteiger partial charge in [-0.05, 0) is 36.1 Å². The van der Waals surface area contributed by atoms with E-state index in [-0.39, 0.29) is 42.0 Å². The average molecular weight is 640 g/mol. The Morgan fingerprint density at radius 2 is 1.81 bits per heavy atom. The fourth-order valence-corrected chi connectivity index (χ4v) is 6.36. The molecule has 232 valence electrons. The molecule has 0 aliphatic heterocycles. The molecular weight excluding hydrogens is 607 g/mol. The van der Waals surface area contributed by atoms with Crippen molar-refractivity contribution in [3.05, 3.63) is 58.7 Å². The van der Waals surface area contributed by atoms with Crippen LogP contribution in [0, 0.1) is 0 Å². The Hall–Kier alpha value is -3.23. The highest BCUT2D eigenvalue weighted by molar-refractivity contribution is 7.18. The van der Waals surface area contributed by atoms with E-state index in [4.69, 9.17) is 9.47 Å². The molecule has 1 aliphatic rings. The number of hydrogen-bond acceptors (Lipinski definition) is 10. The Morgan fingerprint density at radius 3 is 2.47 bits per heavy atom. The summed E-state index contributed by atoms with van der Waals surface area (Å²) in [6.07, 6.45) is -3.20. The van der Waals surface area contributed by atoms with E-state index in [1.165, 1.54) is 13.2 Å². The summed E-state index contributed by atoms with van der Waals surface area (Å²) in [4.78, 5) is 15.3. The van der Waals surface area contributed by atoms with Gasteiger partial charge in [-0.3, -0.25) is 4.98 Å². The number of rotatable bonds is 10. The molecule has 3 heterocycles. The minimum Gasteiger partial charge on any atom is -0.495 e. The number of alkyl halides is 3. The van der Waals surface area contributed by atoms with Crippen molar-refractivity contribution in [3.8, 4) is 22.9 Å². The molecule has 0 radical (unpaired) electrons. The van der Waals surface area contributed by atoms with Crippen LogP contribution in [0.3, 0.4) is 0 Å². The number of halogens is 4. The number of aromatic nitrogens is 3. The van der Waals surface area contributed by atoms with E-state index in [2.05, 4.69) is 20.3 Å². The van der Waals surface area contributed by atoms with Crippen molar-refractivity contribution in [1.29, 1.82) is 0 Å². The van der Waals surface area contributed by atoms with Gasteiger partial charge in [-0.25, -0.2) is 0 Å². The summed E-state index contributed by atoms with van der Waals surface area (Å²) in [7, 11) is 4.74. The first-order valence-corrected chi connectivity index (χ1v) is 14.2. The van der Waals surface area contributed by atoms with Crippen molar-refractivity contribution in [2.75, 3.05) is 26.2 Å². The third kappa shape index (κ3) is 7.47. The third-order valence-corrected chi connectivity index (χ3v) is 8.50. The number of aliphatic hydroxyl groups excluding tert-OH is 2. The van der Waals surface area contributed by atoms with E-state index in [0.717, 1.165) is 28.0 Å². The number of methoxy groups -OCH3 is 2. The lowest BCUT2D eigenvalue weighted by atomic mass is 10.0. The van der Waals surface area contributed by atoms with Crippen molar-refractivity contribution in [2.24, 2.45) is 0 Å². The van der Waals surface area contributed by atoms with Crippen LogP contribution < -0.4 is 19.7 Å². The van der Waals surface area contributed by atoms with Gasteiger partial charge >= 0.3 is 12.2 Å². The Balaban J connectivity index is 0.00000423. The molecule has 0 saturated heterocycles. The SMILES string of the molecule is COc1nc(N(C)[C@H]2C[C@@H](NCc3ccc(-c4cnc(CO)c(OC)c4)cc3)C[C@H]2O)c2cc(CC(F)(F)F)sc2n1.Cl. The van der Waals surface area contributed by atoms with Crippen LogP contribution in [0.2, 0.25) is 0 Å². The minimum atomic E-state index is -4.33. The maximum atomic E-state index is 13.0. The molecule has 1 fully saturated rings. The van der Waals surface area contributed by atoms with Crippen LogP contribution in [-0.4, -0.2) is 70.8 Å². The molecular formula is C29H33ClF3N5O4S. The Bertz CT molecular complexity index is 1540. The summed E-state index contributed by atoms with van der Waals surface area (Å²) >= 11 is 0.965. The molecule has 3 N–H and O–H groups in total. The molecule has 3 aromatic heterocycles. The zero-order valence-electron chi connectivity index (χ0n) is 23.8. The number of nitrogens with zero attached hydrogens (tertiary/aromatic N) is 4.